The second-order valence-corrected chi connectivity index (χ2v) is 6.58. The van der Waals surface area contributed by atoms with Crippen molar-refractivity contribution in [2.24, 2.45) is 5.73 Å². The van der Waals surface area contributed by atoms with Gasteiger partial charge in [-0.15, -0.1) is 0 Å². The molecule has 1 atom stereocenters. The number of fused-ring (bicyclic) bond motifs is 1. The van der Waals surface area contributed by atoms with Crippen molar-refractivity contribution in [2.45, 2.75) is 17.4 Å². The van der Waals surface area contributed by atoms with Gasteiger partial charge in [-0.3, -0.25) is 0 Å². The molecule has 0 aliphatic carbocycles. The van der Waals surface area contributed by atoms with Gasteiger partial charge in [0, 0.05) is 9.61 Å². The monoisotopic (exact) mass is 323 g/mol. The van der Waals surface area contributed by atoms with Gasteiger partial charge in [-0.2, -0.15) is 0 Å². The van der Waals surface area contributed by atoms with Crippen LogP contribution in [0.1, 0.15) is 18.0 Å². The summed E-state index contributed by atoms with van der Waals surface area (Å²) in [5, 5.41) is 0. The average Bonchev–Trinajstić information content (AvgIpc) is 2.12. The van der Waals surface area contributed by atoms with Gasteiger partial charge in [-0.1, -0.05) is 12.1 Å². The van der Waals surface area contributed by atoms with E-state index in [1.165, 1.54) is 0 Å². The molecule has 1 heterocycles. The van der Waals surface area contributed by atoms with Crippen LogP contribution >= 0.6 is 22.6 Å². The van der Waals surface area contributed by atoms with Gasteiger partial charge in [0.1, 0.15) is 0 Å². The number of benzene rings is 1. The maximum Gasteiger partial charge on any atom is 0.179 e. The van der Waals surface area contributed by atoms with Gasteiger partial charge < -0.3 is 5.73 Å². The first-order valence-electron chi connectivity index (χ1n) is 4.29. The van der Waals surface area contributed by atoms with E-state index in [9.17, 15) is 8.42 Å². The number of sulfone groups is 1. The third-order valence-corrected chi connectivity index (χ3v) is 5.52. The lowest BCUT2D eigenvalue weighted by atomic mass is 10.1. The van der Waals surface area contributed by atoms with E-state index in [1.807, 2.05) is 28.7 Å². The molecule has 1 aliphatic heterocycles. The highest BCUT2D eigenvalue weighted by Crippen LogP contribution is 2.33. The number of rotatable bonds is 0. The minimum Gasteiger partial charge on any atom is -0.324 e. The summed E-state index contributed by atoms with van der Waals surface area (Å²) < 4.78 is 24.3. The van der Waals surface area contributed by atoms with Gasteiger partial charge in [0.25, 0.3) is 0 Å². The number of hydrogen-bond donors (Lipinski definition) is 1. The fraction of sp³-hybridized carbons (Fsp3) is 0.333. The zero-order valence-electron chi connectivity index (χ0n) is 7.40. The van der Waals surface area contributed by atoms with Gasteiger partial charge in [0.15, 0.2) is 9.84 Å². The topological polar surface area (TPSA) is 60.2 Å². The Hall–Kier alpha value is -0.140. The van der Waals surface area contributed by atoms with Crippen molar-refractivity contribution in [1.29, 1.82) is 0 Å². The molecule has 0 saturated heterocycles. The van der Waals surface area contributed by atoms with Crippen molar-refractivity contribution in [3.05, 3.63) is 27.3 Å². The van der Waals surface area contributed by atoms with Crippen molar-refractivity contribution >= 4 is 32.4 Å². The molecule has 0 radical (unpaired) electrons. The predicted molar refractivity (Wildman–Crippen MR) is 62.8 cm³/mol. The molecule has 1 aliphatic rings. The molecule has 2 N–H and O–H groups in total. The number of hydrogen-bond acceptors (Lipinski definition) is 3. The van der Waals surface area contributed by atoms with Gasteiger partial charge in [-0.05, 0) is 40.6 Å². The molecule has 0 amide bonds. The van der Waals surface area contributed by atoms with E-state index in [0.29, 0.717) is 11.3 Å². The highest BCUT2D eigenvalue weighted by atomic mass is 127. The molecule has 76 valence electrons. The lowest BCUT2D eigenvalue weighted by molar-refractivity contribution is 0.567. The molecule has 5 heteroatoms. The standard InChI is InChI=1S/C9H10INO2S/c10-7-3-1-2-6-8(11)4-5-14(12,13)9(6)7/h1-3,8H,4-5,11H2. The molecule has 2 rings (SSSR count). The Balaban J connectivity index is 2.77. The zero-order chi connectivity index (χ0) is 10.3. The maximum atomic E-state index is 11.8. The molecule has 0 saturated carbocycles. The van der Waals surface area contributed by atoms with Gasteiger partial charge >= 0.3 is 0 Å². The first kappa shape index (κ1) is 10.4. The van der Waals surface area contributed by atoms with E-state index in [1.54, 1.807) is 12.1 Å². The van der Waals surface area contributed by atoms with Crippen molar-refractivity contribution in [1.82, 2.24) is 0 Å². The summed E-state index contributed by atoms with van der Waals surface area (Å²) in [6, 6.07) is 5.32. The SMILES string of the molecule is NC1CCS(=O)(=O)c2c(I)cccc21. The largest absolute Gasteiger partial charge is 0.324 e. The van der Waals surface area contributed by atoms with Gasteiger partial charge in [-0.25, -0.2) is 8.42 Å². The van der Waals surface area contributed by atoms with Crippen LogP contribution in [0.5, 0.6) is 0 Å². The Bertz CT molecular complexity index is 470. The molecule has 3 nitrogen and oxygen atoms in total. The molecular weight excluding hydrogens is 313 g/mol. The van der Waals surface area contributed by atoms with Crippen LogP contribution < -0.4 is 5.73 Å². The minimum absolute atomic E-state index is 0.136. The molecule has 1 aromatic carbocycles. The van der Waals surface area contributed by atoms with E-state index in [2.05, 4.69) is 0 Å². The second-order valence-electron chi connectivity index (χ2n) is 3.37. The van der Waals surface area contributed by atoms with Crippen LogP contribution in [0.3, 0.4) is 0 Å². The molecule has 0 fully saturated rings. The molecule has 0 bridgehead atoms. The highest BCUT2D eigenvalue weighted by Gasteiger charge is 2.29. The van der Waals surface area contributed by atoms with E-state index in [4.69, 9.17) is 5.73 Å². The van der Waals surface area contributed by atoms with Crippen LogP contribution in [0.15, 0.2) is 23.1 Å². The molecular formula is C9H10INO2S. The van der Waals surface area contributed by atoms with Crippen LogP contribution in [-0.4, -0.2) is 14.2 Å². The normalized spacial score (nSPS) is 24.3. The molecule has 1 aromatic rings. The van der Waals surface area contributed by atoms with Gasteiger partial charge in [0.05, 0.1) is 10.6 Å². The van der Waals surface area contributed by atoms with Crippen molar-refractivity contribution < 1.29 is 8.42 Å². The van der Waals surface area contributed by atoms with E-state index in [0.717, 1.165) is 9.13 Å². The summed E-state index contributed by atoms with van der Waals surface area (Å²) in [4.78, 5) is 0.444. The Morgan fingerprint density at radius 2 is 2.14 bits per heavy atom. The van der Waals surface area contributed by atoms with Crippen LogP contribution in [0, 0.1) is 3.57 Å². The molecule has 0 aromatic heterocycles. The Morgan fingerprint density at radius 3 is 2.79 bits per heavy atom. The quantitative estimate of drug-likeness (QED) is 0.736. The first-order valence-corrected chi connectivity index (χ1v) is 7.02. The van der Waals surface area contributed by atoms with E-state index < -0.39 is 9.84 Å². The highest BCUT2D eigenvalue weighted by molar-refractivity contribution is 14.1. The minimum atomic E-state index is -3.09. The van der Waals surface area contributed by atoms with Gasteiger partial charge in [0.2, 0.25) is 0 Å². The third-order valence-electron chi connectivity index (χ3n) is 2.41. The lowest BCUT2D eigenvalue weighted by Gasteiger charge is -2.22. The third kappa shape index (κ3) is 1.57. The summed E-state index contributed by atoms with van der Waals surface area (Å²) in [5.74, 6) is 0.168. The second kappa shape index (κ2) is 3.46. The van der Waals surface area contributed by atoms with Crippen molar-refractivity contribution in [3.8, 4) is 0 Å². The fourth-order valence-corrected chi connectivity index (χ4v) is 4.92. The molecule has 1 unspecified atom stereocenters. The smallest absolute Gasteiger partial charge is 0.179 e. The van der Waals surface area contributed by atoms with Crippen LogP contribution in [0.2, 0.25) is 0 Å². The summed E-state index contributed by atoms with van der Waals surface area (Å²) in [5.41, 5.74) is 6.64. The van der Waals surface area contributed by atoms with E-state index >= 15 is 0 Å². The lowest BCUT2D eigenvalue weighted by Crippen LogP contribution is -2.25. The Morgan fingerprint density at radius 1 is 1.43 bits per heavy atom. The average molecular weight is 323 g/mol. The fourth-order valence-electron chi connectivity index (χ4n) is 1.69. The summed E-state index contributed by atoms with van der Waals surface area (Å²) in [7, 11) is -3.09. The summed E-state index contributed by atoms with van der Waals surface area (Å²) in [6.07, 6.45) is 0.523. The van der Waals surface area contributed by atoms with Crippen molar-refractivity contribution in [3.63, 3.8) is 0 Å². The van der Waals surface area contributed by atoms with Crippen molar-refractivity contribution in [2.75, 3.05) is 5.75 Å². The molecule has 14 heavy (non-hydrogen) atoms. The molecule has 0 spiro atoms. The Labute approximate surface area is 96.7 Å². The first-order chi connectivity index (χ1) is 6.52. The maximum absolute atomic E-state index is 11.8. The predicted octanol–water partition coefficient (Wildman–Crippen LogP) is 1.47. The van der Waals surface area contributed by atoms with Crippen LogP contribution in [0.25, 0.3) is 0 Å². The van der Waals surface area contributed by atoms with Crippen LogP contribution in [-0.2, 0) is 9.84 Å². The Kier molecular flexibility index (Phi) is 2.57. The van der Waals surface area contributed by atoms with Crippen LogP contribution in [0.4, 0.5) is 0 Å². The number of halogens is 1. The summed E-state index contributed by atoms with van der Waals surface area (Å²) in [6.45, 7) is 0. The summed E-state index contributed by atoms with van der Waals surface area (Å²) >= 11 is 2.04. The number of nitrogens with two attached hydrogens (primary N) is 1. The zero-order valence-corrected chi connectivity index (χ0v) is 10.4. The van der Waals surface area contributed by atoms with E-state index in [-0.39, 0.29) is 11.8 Å².